The number of H-pyrrole nitrogens is 1. The maximum absolute atomic E-state index is 5.18. The molecule has 19 heavy (non-hydrogen) atoms. The summed E-state index contributed by atoms with van der Waals surface area (Å²) in [7, 11) is 0. The van der Waals surface area contributed by atoms with Crippen LogP contribution in [0.4, 0.5) is 0 Å². The number of rotatable bonds is 0. The van der Waals surface area contributed by atoms with E-state index >= 15 is 0 Å². The number of nitrogens with one attached hydrogen (secondary N) is 1. The minimum Gasteiger partial charge on any atom is -0.378 e. The predicted molar refractivity (Wildman–Crippen MR) is 80.9 cm³/mol. The third-order valence-electron chi connectivity index (χ3n) is 2.87. The number of hydrogen-bond donors (Lipinski definition) is 1. The number of benzene rings is 1. The van der Waals surface area contributed by atoms with Crippen LogP contribution in [0.15, 0.2) is 22.8 Å². The Kier molecular flexibility index (Phi) is 4.28. The van der Waals surface area contributed by atoms with Gasteiger partial charge in [-0.25, -0.2) is 0 Å². The Bertz CT molecular complexity index is 632. The average Bonchev–Trinajstić information content (AvgIpc) is 2.83. The quantitative estimate of drug-likeness (QED) is 0.751. The molecular formula is C15H17BrN2O. The lowest BCUT2D eigenvalue weighted by Crippen LogP contribution is -2.38. The number of ether oxygens (including phenoxy) is 1. The fourth-order valence-electron chi connectivity index (χ4n) is 1.76. The molecule has 2 heterocycles. The highest BCUT2D eigenvalue weighted by Crippen LogP contribution is 2.27. The van der Waals surface area contributed by atoms with Crippen molar-refractivity contribution in [3.8, 4) is 11.8 Å². The Morgan fingerprint density at radius 2 is 2.11 bits per heavy atom. The van der Waals surface area contributed by atoms with Gasteiger partial charge in [0.2, 0.25) is 0 Å². The lowest BCUT2D eigenvalue weighted by Gasteiger charge is -2.32. The highest BCUT2D eigenvalue weighted by molar-refractivity contribution is 9.10. The van der Waals surface area contributed by atoms with Crippen LogP contribution < -0.4 is 0 Å². The molecule has 2 aromatic rings. The van der Waals surface area contributed by atoms with Crippen molar-refractivity contribution in [2.24, 2.45) is 5.41 Å². The van der Waals surface area contributed by atoms with Crippen molar-refractivity contribution in [1.29, 1.82) is 0 Å². The van der Waals surface area contributed by atoms with Crippen LogP contribution in [0.3, 0.4) is 0 Å². The summed E-state index contributed by atoms with van der Waals surface area (Å²) in [5.74, 6) is 6.48. The van der Waals surface area contributed by atoms with Crippen LogP contribution in [-0.2, 0) is 4.74 Å². The van der Waals surface area contributed by atoms with Crippen molar-refractivity contribution in [2.45, 2.75) is 20.8 Å². The summed E-state index contributed by atoms with van der Waals surface area (Å²) in [6.45, 7) is 7.57. The van der Waals surface area contributed by atoms with E-state index in [9.17, 15) is 0 Å². The molecule has 0 atom stereocenters. The van der Waals surface area contributed by atoms with E-state index < -0.39 is 0 Å². The number of hydrogen-bond acceptors (Lipinski definition) is 2. The zero-order chi connectivity index (χ0) is 13.9. The molecule has 0 amide bonds. The molecule has 1 aliphatic rings. The minimum absolute atomic E-state index is 0.0163. The normalized spacial score (nSPS) is 15.8. The molecule has 1 aromatic carbocycles. The number of fused-ring (bicyclic) bond motifs is 1. The smallest absolute Gasteiger partial charge is 0.0756 e. The molecule has 0 unspecified atom stereocenters. The predicted octanol–water partition coefficient (Wildman–Crippen LogP) is 3.74. The van der Waals surface area contributed by atoms with Gasteiger partial charge in [0, 0.05) is 15.4 Å². The SMILES string of the molecule is CC.CC1(C#Cc2cc3[nH]ncc3cc2Br)COC1. The van der Waals surface area contributed by atoms with Crippen molar-refractivity contribution >= 4 is 26.8 Å². The van der Waals surface area contributed by atoms with Gasteiger partial charge in [0.05, 0.1) is 30.3 Å². The lowest BCUT2D eigenvalue weighted by molar-refractivity contribution is -0.0648. The van der Waals surface area contributed by atoms with E-state index in [2.05, 4.69) is 44.9 Å². The zero-order valence-electron chi connectivity index (χ0n) is 11.4. The second-order valence-corrected chi connectivity index (χ2v) is 5.45. The van der Waals surface area contributed by atoms with Crippen molar-refractivity contribution in [3.05, 3.63) is 28.4 Å². The molecule has 3 nitrogen and oxygen atoms in total. The van der Waals surface area contributed by atoms with Gasteiger partial charge in [-0.05, 0) is 35.0 Å². The fraction of sp³-hybridized carbons (Fsp3) is 0.400. The largest absolute Gasteiger partial charge is 0.378 e. The molecule has 1 fully saturated rings. The van der Waals surface area contributed by atoms with Crippen LogP contribution in [0.5, 0.6) is 0 Å². The third-order valence-corrected chi connectivity index (χ3v) is 3.52. The van der Waals surface area contributed by atoms with Crippen LogP contribution in [0.1, 0.15) is 26.3 Å². The molecule has 1 aliphatic heterocycles. The Labute approximate surface area is 121 Å². The van der Waals surface area contributed by atoms with Crippen molar-refractivity contribution in [1.82, 2.24) is 10.2 Å². The first-order valence-corrected chi connectivity index (χ1v) is 7.19. The Hall–Kier alpha value is -1.31. The fourth-order valence-corrected chi connectivity index (χ4v) is 2.22. The molecule has 0 spiro atoms. The van der Waals surface area contributed by atoms with E-state index in [-0.39, 0.29) is 5.41 Å². The molecule has 1 aromatic heterocycles. The van der Waals surface area contributed by atoms with E-state index in [0.29, 0.717) is 0 Å². The van der Waals surface area contributed by atoms with E-state index in [0.717, 1.165) is 34.2 Å². The number of halogens is 1. The monoisotopic (exact) mass is 320 g/mol. The molecule has 3 rings (SSSR count). The average molecular weight is 321 g/mol. The maximum Gasteiger partial charge on any atom is 0.0756 e. The van der Waals surface area contributed by atoms with Crippen LogP contribution in [0.25, 0.3) is 10.9 Å². The number of aromatic amines is 1. The summed E-state index contributed by atoms with van der Waals surface area (Å²) in [5, 5.41) is 8.04. The van der Waals surface area contributed by atoms with Gasteiger partial charge in [0.1, 0.15) is 0 Å². The first kappa shape index (κ1) is 14.1. The Morgan fingerprint density at radius 1 is 1.37 bits per heavy atom. The molecule has 0 bridgehead atoms. The summed E-state index contributed by atoms with van der Waals surface area (Å²) in [6, 6.07) is 4.05. The summed E-state index contributed by atoms with van der Waals surface area (Å²) in [6.07, 6.45) is 1.80. The molecule has 1 N–H and O–H groups in total. The molecular weight excluding hydrogens is 304 g/mol. The highest BCUT2D eigenvalue weighted by Gasteiger charge is 2.31. The molecule has 0 radical (unpaired) electrons. The number of aromatic nitrogens is 2. The number of nitrogens with zero attached hydrogens (tertiary/aromatic N) is 1. The van der Waals surface area contributed by atoms with Crippen LogP contribution in [0.2, 0.25) is 0 Å². The van der Waals surface area contributed by atoms with Gasteiger partial charge < -0.3 is 4.74 Å². The summed E-state index contributed by atoms with van der Waals surface area (Å²) in [5.41, 5.74) is 2.00. The molecule has 0 saturated carbocycles. The summed E-state index contributed by atoms with van der Waals surface area (Å²) >= 11 is 3.53. The molecule has 0 aliphatic carbocycles. The zero-order valence-corrected chi connectivity index (χ0v) is 13.0. The van der Waals surface area contributed by atoms with E-state index in [1.807, 2.05) is 26.0 Å². The summed E-state index contributed by atoms with van der Waals surface area (Å²) < 4.78 is 6.19. The lowest BCUT2D eigenvalue weighted by atomic mass is 9.89. The van der Waals surface area contributed by atoms with Gasteiger partial charge in [-0.1, -0.05) is 25.7 Å². The van der Waals surface area contributed by atoms with Crippen LogP contribution in [-0.4, -0.2) is 23.4 Å². The van der Waals surface area contributed by atoms with E-state index in [4.69, 9.17) is 4.74 Å². The standard InChI is InChI=1S/C13H11BrN2O.C2H6/c1-13(7-17-8-13)3-2-9-5-12-10(4-11(9)14)6-15-16-12;1-2/h4-6H,7-8H2,1H3,(H,15,16);1-2H3. The van der Waals surface area contributed by atoms with Gasteiger partial charge in [0.15, 0.2) is 0 Å². The Balaban J connectivity index is 0.000000637. The molecule has 1 saturated heterocycles. The molecule has 4 heteroatoms. The maximum atomic E-state index is 5.18. The minimum atomic E-state index is 0.0163. The van der Waals surface area contributed by atoms with Gasteiger partial charge in [-0.2, -0.15) is 5.10 Å². The van der Waals surface area contributed by atoms with E-state index in [1.165, 1.54) is 0 Å². The van der Waals surface area contributed by atoms with Crippen molar-refractivity contribution in [2.75, 3.05) is 13.2 Å². The second kappa shape index (κ2) is 5.77. The summed E-state index contributed by atoms with van der Waals surface area (Å²) in [4.78, 5) is 0. The first-order chi connectivity index (χ1) is 9.16. The Morgan fingerprint density at radius 3 is 2.74 bits per heavy atom. The molecule has 100 valence electrons. The van der Waals surface area contributed by atoms with Gasteiger partial charge in [0.25, 0.3) is 0 Å². The van der Waals surface area contributed by atoms with Crippen molar-refractivity contribution < 1.29 is 4.74 Å². The second-order valence-electron chi connectivity index (χ2n) is 4.59. The topological polar surface area (TPSA) is 37.9 Å². The van der Waals surface area contributed by atoms with Crippen LogP contribution in [0, 0.1) is 17.3 Å². The van der Waals surface area contributed by atoms with Gasteiger partial charge >= 0.3 is 0 Å². The van der Waals surface area contributed by atoms with Crippen LogP contribution >= 0.6 is 15.9 Å². The van der Waals surface area contributed by atoms with Gasteiger partial charge in [-0.3, -0.25) is 5.10 Å². The third kappa shape index (κ3) is 2.99. The highest BCUT2D eigenvalue weighted by atomic mass is 79.9. The first-order valence-electron chi connectivity index (χ1n) is 6.40. The van der Waals surface area contributed by atoms with Crippen molar-refractivity contribution in [3.63, 3.8) is 0 Å². The van der Waals surface area contributed by atoms with E-state index in [1.54, 1.807) is 6.20 Å². The van der Waals surface area contributed by atoms with Gasteiger partial charge in [-0.15, -0.1) is 0 Å².